The third-order valence-electron chi connectivity index (χ3n) is 4.81. The molecular formula is C26H32ClNO5. The molecular weight excluding hydrogens is 442 g/mol. The van der Waals surface area contributed by atoms with Crippen LogP contribution in [0.25, 0.3) is 0 Å². The van der Waals surface area contributed by atoms with Gasteiger partial charge in [0.15, 0.2) is 5.75 Å². The van der Waals surface area contributed by atoms with Crippen molar-refractivity contribution >= 4 is 17.6 Å². The van der Waals surface area contributed by atoms with E-state index in [1.807, 2.05) is 70.2 Å². The van der Waals surface area contributed by atoms with Crippen LogP contribution in [0.1, 0.15) is 44.7 Å². The number of rotatable bonds is 13. The van der Waals surface area contributed by atoms with Gasteiger partial charge in [-0.3, -0.25) is 4.79 Å². The number of pyridine rings is 1. The molecule has 1 heterocycles. The Balaban J connectivity index is 1.90. The van der Waals surface area contributed by atoms with Gasteiger partial charge in [-0.2, -0.15) is 0 Å². The van der Waals surface area contributed by atoms with Gasteiger partial charge in [-0.05, 0) is 63.5 Å². The average Bonchev–Trinajstić information content (AvgIpc) is 2.75. The molecule has 2 atom stereocenters. The molecule has 0 spiro atoms. The van der Waals surface area contributed by atoms with Gasteiger partial charge >= 0.3 is 5.97 Å². The van der Waals surface area contributed by atoms with E-state index in [1.54, 1.807) is 6.07 Å². The van der Waals surface area contributed by atoms with E-state index in [0.717, 1.165) is 16.9 Å². The van der Waals surface area contributed by atoms with Gasteiger partial charge in [0, 0.05) is 25.1 Å². The van der Waals surface area contributed by atoms with Gasteiger partial charge in [0.25, 0.3) is 5.88 Å². The second-order valence-corrected chi connectivity index (χ2v) is 8.17. The van der Waals surface area contributed by atoms with Crippen molar-refractivity contribution in [2.75, 3.05) is 6.61 Å². The summed E-state index contributed by atoms with van der Waals surface area (Å²) in [6.07, 6.45) is 10.2. The van der Waals surface area contributed by atoms with E-state index >= 15 is 0 Å². The number of aromatic nitrogens is 1. The summed E-state index contributed by atoms with van der Waals surface area (Å²) >= 11 is 6.10. The number of ether oxygens (including phenoxy) is 3. The summed E-state index contributed by atoms with van der Waals surface area (Å²) in [5.74, 6) is 0.818. The molecule has 1 N–H and O–H groups in total. The maximum Gasteiger partial charge on any atom is 0.303 e. The van der Waals surface area contributed by atoms with E-state index in [1.165, 1.54) is 6.20 Å². The monoisotopic (exact) mass is 473 g/mol. The zero-order valence-corrected chi connectivity index (χ0v) is 20.3. The first-order chi connectivity index (χ1) is 15.8. The standard InChI is InChI=1S/C26H32ClNO5/c1-5-6-7-8-19(3)32-24-16-22(27)17-28-26(24)33-20(4)13-14-31-23-11-9-21(18(2)15-23)10-12-25(29)30/h5-9,11,15-17,19-20H,10,12-14H2,1-4H3,(H,29,30)/b6-5-,8-7-/t19?,20-/m1/s1. The number of aryl methyl sites for hydroxylation is 2. The summed E-state index contributed by atoms with van der Waals surface area (Å²) in [5.41, 5.74) is 2.03. The Labute approximate surface area is 200 Å². The predicted molar refractivity (Wildman–Crippen MR) is 131 cm³/mol. The number of halogens is 1. The van der Waals surface area contributed by atoms with Gasteiger partial charge in [-0.1, -0.05) is 35.9 Å². The number of hydrogen-bond donors (Lipinski definition) is 1. The molecule has 2 aromatic rings. The van der Waals surface area contributed by atoms with Gasteiger partial charge in [-0.25, -0.2) is 4.98 Å². The number of carboxylic acid groups (broad SMARTS) is 1. The maximum absolute atomic E-state index is 10.8. The van der Waals surface area contributed by atoms with Crippen LogP contribution >= 0.6 is 11.6 Å². The summed E-state index contributed by atoms with van der Waals surface area (Å²) < 4.78 is 17.8. The smallest absolute Gasteiger partial charge is 0.303 e. The second kappa shape index (κ2) is 13.5. The molecule has 0 aliphatic carbocycles. The molecule has 0 radical (unpaired) electrons. The number of allylic oxidation sites excluding steroid dienone is 3. The van der Waals surface area contributed by atoms with Crippen LogP contribution in [0.2, 0.25) is 5.02 Å². The largest absolute Gasteiger partial charge is 0.493 e. The molecule has 1 unspecified atom stereocenters. The number of aliphatic carboxylic acids is 1. The van der Waals surface area contributed by atoms with Crippen molar-refractivity contribution in [3.05, 3.63) is 70.9 Å². The van der Waals surface area contributed by atoms with Gasteiger partial charge < -0.3 is 19.3 Å². The first kappa shape index (κ1) is 26.3. The SMILES string of the molecule is C/C=C\C=C/C(C)Oc1cc(Cl)cnc1O[C@H](C)CCOc1ccc(CCC(=O)O)c(C)c1. The lowest BCUT2D eigenvalue weighted by atomic mass is 10.0. The topological polar surface area (TPSA) is 77.9 Å². The highest BCUT2D eigenvalue weighted by atomic mass is 35.5. The summed E-state index contributed by atoms with van der Waals surface area (Å²) in [5, 5.41) is 9.32. The van der Waals surface area contributed by atoms with Crippen LogP contribution in [0.3, 0.4) is 0 Å². The first-order valence-corrected chi connectivity index (χ1v) is 11.4. The van der Waals surface area contributed by atoms with Crippen molar-refractivity contribution in [2.24, 2.45) is 0 Å². The van der Waals surface area contributed by atoms with Gasteiger partial charge in [0.2, 0.25) is 0 Å². The number of benzene rings is 1. The van der Waals surface area contributed by atoms with Crippen molar-refractivity contribution in [2.45, 2.75) is 59.2 Å². The van der Waals surface area contributed by atoms with Crippen molar-refractivity contribution in [1.82, 2.24) is 4.98 Å². The number of carboxylic acids is 1. The lowest BCUT2D eigenvalue weighted by Crippen LogP contribution is -2.18. The zero-order valence-electron chi connectivity index (χ0n) is 19.6. The molecule has 7 heteroatoms. The number of nitrogens with zero attached hydrogens (tertiary/aromatic N) is 1. The van der Waals surface area contributed by atoms with E-state index in [-0.39, 0.29) is 18.6 Å². The van der Waals surface area contributed by atoms with E-state index in [9.17, 15) is 4.79 Å². The Hall–Kier alpha value is -2.99. The molecule has 0 saturated carbocycles. The molecule has 1 aromatic heterocycles. The van der Waals surface area contributed by atoms with Crippen molar-refractivity contribution in [3.63, 3.8) is 0 Å². The number of hydrogen-bond acceptors (Lipinski definition) is 5. The fourth-order valence-electron chi connectivity index (χ4n) is 3.02. The number of carbonyl (C=O) groups is 1. The summed E-state index contributed by atoms with van der Waals surface area (Å²) in [7, 11) is 0. The van der Waals surface area contributed by atoms with E-state index < -0.39 is 5.97 Å². The Bertz CT molecular complexity index is 973. The molecule has 0 saturated heterocycles. The minimum Gasteiger partial charge on any atom is -0.493 e. The molecule has 0 fully saturated rings. The molecule has 0 bridgehead atoms. The summed E-state index contributed by atoms with van der Waals surface area (Å²) in [4.78, 5) is 15.1. The van der Waals surface area contributed by atoms with Gasteiger partial charge in [0.1, 0.15) is 18.0 Å². The Morgan fingerprint density at radius 1 is 1.21 bits per heavy atom. The van der Waals surface area contributed by atoms with Crippen LogP contribution in [-0.4, -0.2) is 34.9 Å². The van der Waals surface area contributed by atoms with Crippen LogP contribution in [0.15, 0.2) is 54.8 Å². The van der Waals surface area contributed by atoms with Crippen LogP contribution in [0.5, 0.6) is 17.4 Å². The van der Waals surface area contributed by atoms with Crippen molar-refractivity contribution in [3.8, 4) is 17.4 Å². The second-order valence-electron chi connectivity index (χ2n) is 7.74. The molecule has 1 aromatic carbocycles. The highest BCUT2D eigenvalue weighted by Gasteiger charge is 2.14. The fraction of sp³-hybridized carbons (Fsp3) is 0.385. The molecule has 0 amide bonds. The van der Waals surface area contributed by atoms with Crippen molar-refractivity contribution in [1.29, 1.82) is 0 Å². The van der Waals surface area contributed by atoms with Crippen LogP contribution in [-0.2, 0) is 11.2 Å². The Morgan fingerprint density at radius 2 is 2.00 bits per heavy atom. The molecule has 0 aliphatic rings. The molecule has 6 nitrogen and oxygen atoms in total. The lowest BCUT2D eigenvalue weighted by molar-refractivity contribution is -0.136. The molecule has 2 rings (SSSR count). The predicted octanol–water partition coefficient (Wildman–Crippen LogP) is 6.20. The van der Waals surface area contributed by atoms with Gasteiger partial charge in [0.05, 0.1) is 11.6 Å². The molecule has 0 aliphatic heterocycles. The Morgan fingerprint density at radius 3 is 2.70 bits per heavy atom. The highest BCUT2D eigenvalue weighted by Crippen LogP contribution is 2.30. The van der Waals surface area contributed by atoms with E-state index in [4.69, 9.17) is 30.9 Å². The van der Waals surface area contributed by atoms with Gasteiger partial charge in [-0.15, -0.1) is 0 Å². The van der Waals surface area contributed by atoms with E-state index in [2.05, 4.69) is 4.98 Å². The third-order valence-corrected chi connectivity index (χ3v) is 5.02. The molecule has 33 heavy (non-hydrogen) atoms. The summed E-state index contributed by atoms with van der Waals surface area (Å²) in [6, 6.07) is 7.41. The van der Waals surface area contributed by atoms with Crippen molar-refractivity contribution < 1.29 is 24.1 Å². The average molecular weight is 474 g/mol. The summed E-state index contributed by atoms with van der Waals surface area (Å²) in [6.45, 7) is 8.24. The maximum atomic E-state index is 10.8. The van der Waals surface area contributed by atoms with E-state index in [0.29, 0.717) is 36.1 Å². The Kier molecular flexibility index (Phi) is 10.8. The highest BCUT2D eigenvalue weighted by molar-refractivity contribution is 6.30. The van der Waals surface area contributed by atoms with Crippen LogP contribution in [0, 0.1) is 6.92 Å². The van der Waals surface area contributed by atoms with Crippen LogP contribution < -0.4 is 14.2 Å². The first-order valence-electron chi connectivity index (χ1n) is 11.0. The molecule has 178 valence electrons. The third kappa shape index (κ3) is 9.58. The normalized spacial score (nSPS) is 13.2. The quantitative estimate of drug-likeness (QED) is 0.349. The lowest BCUT2D eigenvalue weighted by Gasteiger charge is -2.19. The zero-order chi connectivity index (χ0) is 24.2. The fourth-order valence-corrected chi connectivity index (χ4v) is 3.17. The minimum atomic E-state index is -0.799. The minimum absolute atomic E-state index is 0.116. The van der Waals surface area contributed by atoms with Crippen LogP contribution in [0.4, 0.5) is 0 Å².